The molecule has 3 aromatic carbocycles. The van der Waals surface area contributed by atoms with Crippen LogP contribution in [0.3, 0.4) is 0 Å². The van der Waals surface area contributed by atoms with Crippen molar-refractivity contribution in [3.8, 4) is 0 Å². The molecule has 3 aliphatic carbocycles. The van der Waals surface area contributed by atoms with Gasteiger partial charge in [-0.15, -0.1) is 0 Å². The second-order valence-corrected chi connectivity index (χ2v) is 7.26. The molecule has 25 heavy (non-hydrogen) atoms. The first-order valence-electron chi connectivity index (χ1n) is 8.68. The average Bonchev–Trinajstić information content (AvgIpc) is 3.19. The van der Waals surface area contributed by atoms with Crippen molar-refractivity contribution in [2.75, 3.05) is 0 Å². The predicted octanol–water partition coefficient (Wildman–Crippen LogP) is 4.58. The van der Waals surface area contributed by atoms with E-state index in [1.165, 1.54) is 44.8 Å². The molecule has 2 bridgehead atoms. The molecule has 0 saturated carbocycles. The van der Waals surface area contributed by atoms with Crippen molar-refractivity contribution in [1.82, 2.24) is 0 Å². The Morgan fingerprint density at radius 1 is 0.640 bits per heavy atom. The van der Waals surface area contributed by atoms with Crippen LogP contribution in [0.1, 0.15) is 29.4 Å². The molecule has 0 amide bonds. The lowest BCUT2D eigenvalue weighted by atomic mass is 9.79. The molecule has 2 nitrogen and oxygen atoms in total. The molecule has 0 saturated heterocycles. The lowest BCUT2D eigenvalue weighted by Gasteiger charge is -2.23. The average molecular weight is 322 g/mol. The van der Waals surface area contributed by atoms with E-state index in [2.05, 4.69) is 48.5 Å². The Bertz CT molecular complexity index is 1120. The van der Waals surface area contributed by atoms with Gasteiger partial charge in [0.1, 0.15) is 0 Å². The molecule has 0 unspecified atom stereocenters. The molecule has 0 heterocycles. The standard InChI is InChI=1S/C23H14O2/c24-20-5-6-21(25)23-19-11-18(22(20)23)16-9-14-7-12-3-1-2-4-13(12)8-15(14)10-17(16)19/h1-10,18-19H,11H2/t18-,19+. The minimum Gasteiger partial charge on any atom is -0.290 e. The van der Waals surface area contributed by atoms with Gasteiger partial charge in [0.05, 0.1) is 0 Å². The Balaban J connectivity index is 1.62. The molecule has 3 aromatic rings. The van der Waals surface area contributed by atoms with Crippen molar-refractivity contribution in [3.63, 3.8) is 0 Å². The molecule has 3 aliphatic rings. The Hall–Kier alpha value is -3.00. The van der Waals surface area contributed by atoms with Crippen LogP contribution in [0.25, 0.3) is 21.5 Å². The van der Waals surface area contributed by atoms with Crippen LogP contribution in [0, 0.1) is 0 Å². The monoisotopic (exact) mass is 322 g/mol. The molecule has 2 heteroatoms. The molecule has 0 N–H and O–H groups in total. The van der Waals surface area contributed by atoms with E-state index in [1.807, 2.05) is 0 Å². The van der Waals surface area contributed by atoms with Gasteiger partial charge in [-0.3, -0.25) is 9.59 Å². The van der Waals surface area contributed by atoms with Gasteiger partial charge in [-0.2, -0.15) is 0 Å². The van der Waals surface area contributed by atoms with E-state index in [0.717, 1.165) is 17.6 Å². The van der Waals surface area contributed by atoms with Crippen LogP contribution in [0.15, 0.2) is 71.8 Å². The number of ketones is 2. The summed E-state index contributed by atoms with van der Waals surface area (Å²) in [6, 6.07) is 17.3. The summed E-state index contributed by atoms with van der Waals surface area (Å²) in [4.78, 5) is 24.7. The lowest BCUT2D eigenvalue weighted by molar-refractivity contribution is -0.115. The van der Waals surface area contributed by atoms with Crippen LogP contribution >= 0.6 is 0 Å². The van der Waals surface area contributed by atoms with Gasteiger partial charge < -0.3 is 0 Å². The van der Waals surface area contributed by atoms with Crippen molar-refractivity contribution < 1.29 is 9.59 Å². The highest BCUT2D eigenvalue weighted by Crippen LogP contribution is 2.58. The van der Waals surface area contributed by atoms with E-state index in [4.69, 9.17) is 0 Å². The third kappa shape index (κ3) is 1.59. The first-order valence-corrected chi connectivity index (χ1v) is 8.68. The van der Waals surface area contributed by atoms with Crippen LogP contribution in [-0.4, -0.2) is 11.6 Å². The minimum atomic E-state index is 0.0198. The lowest BCUT2D eigenvalue weighted by Crippen LogP contribution is -2.19. The van der Waals surface area contributed by atoms with Gasteiger partial charge in [-0.05, 0) is 63.4 Å². The molecular formula is C23H14O2. The van der Waals surface area contributed by atoms with E-state index in [1.54, 1.807) is 0 Å². The number of fused-ring (bicyclic) bond motifs is 9. The zero-order valence-corrected chi connectivity index (χ0v) is 13.5. The first kappa shape index (κ1) is 13.3. The minimum absolute atomic E-state index is 0.0198. The first-order chi connectivity index (χ1) is 12.2. The largest absolute Gasteiger partial charge is 0.290 e. The van der Waals surface area contributed by atoms with Gasteiger partial charge in [0, 0.05) is 23.0 Å². The summed E-state index contributed by atoms with van der Waals surface area (Å²) in [5, 5.41) is 4.87. The van der Waals surface area contributed by atoms with Gasteiger partial charge in [0.15, 0.2) is 11.6 Å². The Morgan fingerprint density at radius 2 is 1.12 bits per heavy atom. The van der Waals surface area contributed by atoms with E-state index in [-0.39, 0.29) is 23.4 Å². The maximum atomic E-state index is 12.4. The van der Waals surface area contributed by atoms with Gasteiger partial charge in [0.2, 0.25) is 0 Å². The number of carbonyl (C=O) groups is 2. The summed E-state index contributed by atoms with van der Waals surface area (Å²) in [7, 11) is 0. The van der Waals surface area contributed by atoms with Gasteiger partial charge in [-0.25, -0.2) is 0 Å². The summed E-state index contributed by atoms with van der Waals surface area (Å²) >= 11 is 0. The SMILES string of the molecule is O=C1C=CC(=O)C2=C1[C@H]1C[C@@H]2c2cc3cc4ccccc4cc3cc21. The Labute approximate surface area is 144 Å². The van der Waals surface area contributed by atoms with Gasteiger partial charge in [-0.1, -0.05) is 36.4 Å². The van der Waals surface area contributed by atoms with Crippen LogP contribution in [-0.2, 0) is 9.59 Å². The van der Waals surface area contributed by atoms with Crippen molar-refractivity contribution in [2.24, 2.45) is 0 Å². The topological polar surface area (TPSA) is 34.1 Å². The molecule has 0 radical (unpaired) electrons. The normalized spacial score (nSPS) is 23.7. The van der Waals surface area contributed by atoms with Crippen LogP contribution in [0.4, 0.5) is 0 Å². The molecule has 0 fully saturated rings. The Kier molecular flexibility index (Phi) is 2.31. The number of hydrogen-bond donors (Lipinski definition) is 0. The van der Waals surface area contributed by atoms with E-state index < -0.39 is 0 Å². The summed E-state index contributed by atoms with van der Waals surface area (Å²) in [5.41, 5.74) is 3.99. The molecule has 0 spiro atoms. The highest BCUT2D eigenvalue weighted by molar-refractivity contribution is 6.22. The summed E-state index contributed by atoms with van der Waals surface area (Å²) in [6.07, 6.45) is 3.75. The highest BCUT2D eigenvalue weighted by atomic mass is 16.1. The summed E-state index contributed by atoms with van der Waals surface area (Å²) in [5.74, 6) is 0.220. The molecule has 0 aliphatic heterocycles. The zero-order chi connectivity index (χ0) is 16.7. The molecular weight excluding hydrogens is 308 g/mol. The quantitative estimate of drug-likeness (QED) is 0.448. The van der Waals surface area contributed by atoms with Crippen LogP contribution < -0.4 is 0 Å². The smallest absolute Gasteiger partial charge is 0.183 e. The van der Waals surface area contributed by atoms with Crippen molar-refractivity contribution >= 4 is 33.1 Å². The van der Waals surface area contributed by atoms with Crippen molar-refractivity contribution in [1.29, 1.82) is 0 Å². The van der Waals surface area contributed by atoms with Gasteiger partial charge >= 0.3 is 0 Å². The molecule has 6 rings (SSSR count). The maximum absolute atomic E-state index is 12.4. The number of allylic oxidation sites excluding steroid dienone is 4. The maximum Gasteiger partial charge on any atom is 0.183 e. The van der Waals surface area contributed by atoms with Crippen molar-refractivity contribution in [3.05, 3.63) is 83.0 Å². The van der Waals surface area contributed by atoms with E-state index >= 15 is 0 Å². The fraction of sp³-hybridized carbons (Fsp3) is 0.130. The molecule has 118 valence electrons. The highest BCUT2D eigenvalue weighted by Gasteiger charge is 2.48. The number of carbonyl (C=O) groups excluding carboxylic acids is 2. The second-order valence-electron chi connectivity index (χ2n) is 7.26. The molecule has 0 aromatic heterocycles. The molecule has 2 atom stereocenters. The van der Waals surface area contributed by atoms with E-state index in [0.29, 0.717) is 0 Å². The summed E-state index contributed by atoms with van der Waals surface area (Å²) in [6.45, 7) is 0. The third-order valence-corrected chi connectivity index (χ3v) is 6.03. The van der Waals surface area contributed by atoms with Crippen LogP contribution in [0.2, 0.25) is 0 Å². The predicted molar refractivity (Wildman–Crippen MR) is 97.7 cm³/mol. The fourth-order valence-electron chi connectivity index (χ4n) is 4.98. The Morgan fingerprint density at radius 3 is 1.60 bits per heavy atom. The number of hydrogen-bond acceptors (Lipinski definition) is 2. The third-order valence-electron chi connectivity index (χ3n) is 6.03. The number of rotatable bonds is 0. The second kappa shape index (κ2) is 4.34. The van der Waals surface area contributed by atoms with Crippen LogP contribution in [0.5, 0.6) is 0 Å². The fourth-order valence-corrected chi connectivity index (χ4v) is 4.98. The zero-order valence-electron chi connectivity index (χ0n) is 13.5. The van der Waals surface area contributed by atoms with Gasteiger partial charge in [0.25, 0.3) is 0 Å². The number of benzene rings is 3. The van der Waals surface area contributed by atoms with Crippen molar-refractivity contribution in [2.45, 2.75) is 18.3 Å². The van der Waals surface area contributed by atoms with E-state index in [9.17, 15) is 9.59 Å². The summed E-state index contributed by atoms with van der Waals surface area (Å²) < 4.78 is 0.